The molecule has 0 fully saturated rings. The Morgan fingerprint density at radius 1 is 1.08 bits per heavy atom. The molecule has 3 rings (SSSR count). The summed E-state index contributed by atoms with van der Waals surface area (Å²) in [5.41, 5.74) is 4.63. The maximum atomic E-state index is 12.7. The maximum Gasteiger partial charge on any atom is 0.255 e. The molecule has 26 heavy (non-hydrogen) atoms. The van der Waals surface area contributed by atoms with Crippen molar-refractivity contribution in [3.63, 3.8) is 0 Å². The number of aromatic nitrogens is 2. The maximum absolute atomic E-state index is 12.7. The van der Waals surface area contributed by atoms with Crippen molar-refractivity contribution in [3.8, 4) is 11.3 Å². The van der Waals surface area contributed by atoms with Crippen LogP contribution >= 0.6 is 0 Å². The number of aryl methyl sites for hydroxylation is 1. The van der Waals surface area contributed by atoms with E-state index in [0.717, 1.165) is 16.8 Å². The van der Waals surface area contributed by atoms with Crippen molar-refractivity contribution in [2.24, 2.45) is 5.92 Å². The molecule has 0 unspecified atom stereocenters. The van der Waals surface area contributed by atoms with Crippen molar-refractivity contribution >= 4 is 5.91 Å². The number of benzene rings is 2. The van der Waals surface area contributed by atoms with E-state index in [1.165, 1.54) is 5.56 Å². The number of hydrogen-bond acceptors (Lipinski definition) is 2. The second kappa shape index (κ2) is 8.00. The lowest BCUT2D eigenvalue weighted by Gasteiger charge is -2.07. The van der Waals surface area contributed by atoms with Crippen LogP contribution in [0.15, 0.2) is 60.8 Å². The number of amides is 1. The standard InChI is InChI=1S/C22H25N3O/c1-16(2)13-23-22(26)20-15-25(14-18-7-5-4-6-8-18)24-21(20)19-11-9-17(3)10-12-19/h4-12,15-16H,13-14H2,1-3H3,(H,23,26). The Morgan fingerprint density at radius 2 is 1.77 bits per heavy atom. The van der Waals surface area contributed by atoms with Crippen LogP contribution in [-0.2, 0) is 6.54 Å². The predicted octanol–water partition coefficient (Wildman–Crippen LogP) is 4.29. The van der Waals surface area contributed by atoms with E-state index in [2.05, 4.69) is 31.3 Å². The van der Waals surface area contributed by atoms with Crippen LogP contribution in [0.5, 0.6) is 0 Å². The Balaban J connectivity index is 1.94. The minimum Gasteiger partial charge on any atom is -0.352 e. The minimum atomic E-state index is -0.0754. The summed E-state index contributed by atoms with van der Waals surface area (Å²) in [5, 5.41) is 7.71. The quantitative estimate of drug-likeness (QED) is 0.723. The summed E-state index contributed by atoms with van der Waals surface area (Å²) >= 11 is 0. The van der Waals surface area contributed by atoms with Gasteiger partial charge < -0.3 is 5.32 Å². The monoisotopic (exact) mass is 347 g/mol. The molecule has 134 valence electrons. The van der Waals surface area contributed by atoms with E-state index in [1.54, 1.807) is 0 Å². The average molecular weight is 347 g/mol. The lowest BCUT2D eigenvalue weighted by molar-refractivity contribution is 0.0949. The van der Waals surface area contributed by atoms with Crippen LogP contribution in [0, 0.1) is 12.8 Å². The summed E-state index contributed by atoms with van der Waals surface area (Å²) in [5.74, 6) is 0.328. The van der Waals surface area contributed by atoms with Crippen LogP contribution in [0.3, 0.4) is 0 Å². The average Bonchev–Trinajstić information content (AvgIpc) is 3.05. The summed E-state index contributed by atoms with van der Waals surface area (Å²) in [6.07, 6.45) is 1.85. The molecule has 1 aromatic heterocycles. The molecule has 0 saturated carbocycles. The first kappa shape index (κ1) is 17.9. The number of nitrogens with zero attached hydrogens (tertiary/aromatic N) is 2. The largest absolute Gasteiger partial charge is 0.352 e. The third-order valence-electron chi connectivity index (χ3n) is 4.19. The van der Waals surface area contributed by atoms with Gasteiger partial charge in [0.05, 0.1) is 12.1 Å². The van der Waals surface area contributed by atoms with Crippen molar-refractivity contribution in [3.05, 3.63) is 77.5 Å². The van der Waals surface area contributed by atoms with Crippen LogP contribution in [-0.4, -0.2) is 22.2 Å². The Morgan fingerprint density at radius 3 is 2.42 bits per heavy atom. The highest BCUT2D eigenvalue weighted by Gasteiger charge is 2.18. The summed E-state index contributed by atoms with van der Waals surface area (Å²) in [7, 11) is 0. The Hall–Kier alpha value is -2.88. The van der Waals surface area contributed by atoms with Gasteiger partial charge in [0, 0.05) is 18.3 Å². The van der Waals surface area contributed by atoms with Crippen LogP contribution in [0.1, 0.15) is 35.3 Å². The van der Waals surface area contributed by atoms with Crippen molar-refractivity contribution in [1.82, 2.24) is 15.1 Å². The predicted molar refractivity (Wildman–Crippen MR) is 105 cm³/mol. The number of nitrogens with one attached hydrogen (secondary N) is 1. The van der Waals surface area contributed by atoms with Crippen molar-refractivity contribution in [2.45, 2.75) is 27.3 Å². The molecular weight excluding hydrogens is 322 g/mol. The number of carbonyl (C=O) groups is 1. The molecule has 2 aromatic carbocycles. The minimum absolute atomic E-state index is 0.0754. The molecule has 0 radical (unpaired) electrons. The molecule has 0 spiro atoms. The molecule has 0 aliphatic heterocycles. The lowest BCUT2D eigenvalue weighted by Crippen LogP contribution is -2.27. The van der Waals surface area contributed by atoms with Crippen LogP contribution < -0.4 is 5.32 Å². The molecule has 4 nitrogen and oxygen atoms in total. The van der Waals surface area contributed by atoms with Gasteiger partial charge in [0.1, 0.15) is 5.69 Å². The zero-order chi connectivity index (χ0) is 18.5. The normalized spacial score (nSPS) is 10.9. The summed E-state index contributed by atoms with van der Waals surface area (Å²) in [6.45, 7) is 7.50. The van der Waals surface area contributed by atoms with Crippen LogP contribution in [0.4, 0.5) is 0 Å². The highest BCUT2D eigenvalue weighted by molar-refractivity contribution is 5.99. The first-order chi connectivity index (χ1) is 12.5. The summed E-state index contributed by atoms with van der Waals surface area (Å²) < 4.78 is 1.84. The van der Waals surface area contributed by atoms with Crippen LogP contribution in [0.25, 0.3) is 11.3 Å². The summed E-state index contributed by atoms with van der Waals surface area (Å²) in [4.78, 5) is 12.7. The molecule has 0 aliphatic carbocycles. The summed E-state index contributed by atoms with van der Waals surface area (Å²) in [6, 6.07) is 18.3. The zero-order valence-corrected chi connectivity index (χ0v) is 15.6. The molecule has 1 N–H and O–H groups in total. The van der Waals surface area contributed by atoms with Crippen molar-refractivity contribution < 1.29 is 4.79 Å². The van der Waals surface area contributed by atoms with Gasteiger partial charge in [0.2, 0.25) is 0 Å². The fourth-order valence-electron chi connectivity index (χ4n) is 2.76. The van der Waals surface area contributed by atoms with Gasteiger partial charge in [0.25, 0.3) is 5.91 Å². The third-order valence-corrected chi connectivity index (χ3v) is 4.19. The number of carbonyl (C=O) groups excluding carboxylic acids is 1. The molecular formula is C22H25N3O. The van der Waals surface area contributed by atoms with Gasteiger partial charge in [-0.15, -0.1) is 0 Å². The fourth-order valence-corrected chi connectivity index (χ4v) is 2.76. The first-order valence-electron chi connectivity index (χ1n) is 8.99. The van der Waals surface area contributed by atoms with Crippen molar-refractivity contribution in [1.29, 1.82) is 0 Å². The van der Waals surface area contributed by atoms with Gasteiger partial charge in [-0.25, -0.2) is 0 Å². The topological polar surface area (TPSA) is 46.9 Å². The van der Waals surface area contributed by atoms with Crippen LogP contribution in [0.2, 0.25) is 0 Å². The van der Waals surface area contributed by atoms with Gasteiger partial charge in [-0.1, -0.05) is 74.0 Å². The van der Waals surface area contributed by atoms with E-state index in [9.17, 15) is 4.79 Å². The molecule has 0 aliphatic rings. The van der Waals surface area contributed by atoms with E-state index < -0.39 is 0 Å². The van der Waals surface area contributed by atoms with Gasteiger partial charge in [-0.3, -0.25) is 9.48 Å². The second-order valence-electron chi connectivity index (χ2n) is 7.04. The molecule has 1 amide bonds. The van der Waals surface area contributed by atoms with Gasteiger partial charge in [-0.2, -0.15) is 5.10 Å². The molecule has 3 aromatic rings. The third kappa shape index (κ3) is 4.39. The SMILES string of the molecule is Cc1ccc(-c2nn(Cc3ccccc3)cc2C(=O)NCC(C)C)cc1. The smallest absolute Gasteiger partial charge is 0.255 e. The molecule has 1 heterocycles. The zero-order valence-electron chi connectivity index (χ0n) is 15.6. The molecule has 0 atom stereocenters. The van der Waals surface area contributed by atoms with E-state index in [1.807, 2.05) is 60.3 Å². The first-order valence-corrected chi connectivity index (χ1v) is 8.99. The van der Waals surface area contributed by atoms with E-state index in [4.69, 9.17) is 5.10 Å². The lowest BCUT2D eigenvalue weighted by atomic mass is 10.1. The van der Waals surface area contributed by atoms with E-state index in [0.29, 0.717) is 24.6 Å². The Labute approximate surface area is 154 Å². The van der Waals surface area contributed by atoms with Gasteiger partial charge in [0.15, 0.2) is 0 Å². The molecule has 0 bridgehead atoms. The Kier molecular flexibility index (Phi) is 5.52. The number of rotatable bonds is 6. The van der Waals surface area contributed by atoms with Gasteiger partial charge >= 0.3 is 0 Å². The second-order valence-corrected chi connectivity index (χ2v) is 7.04. The number of hydrogen-bond donors (Lipinski definition) is 1. The molecule has 4 heteroatoms. The van der Waals surface area contributed by atoms with E-state index >= 15 is 0 Å². The van der Waals surface area contributed by atoms with Crippen molar-refractivity contribution in [2.75, 3.05) is 6.54 Å². The Bertz CT molecular complexity index is 864. The van der Waals surface area contributed by atoms with Gasteiger partial charge in [-0.05, 0) is 18.4 Å². The highest BCUT2D eigenvalue weighted by atomic mass is 16.1. The fraction of sp³-hybridized carbons (Fsp3) is 0.273. The molecule has 0 saturated heterocycles. The highest BCUT2D eigenvalue weighted by Crippen LogP contribution is 2.23. The van der Waals surface area contributed by atoms with E-state index in [-0.39, 0.29) is 5.91 Å².